The van der Waals surface area contributed by atoms with Crippen molar-refractivity contribution < 1.29 is 14.4 Å². The number of nitrogens with one attached hydrogen (secondary N) is 1. The summed E-state index contributed by atoms with van der Waals surface area (Å²) in [5.41, 5.74) is 3.78. The van der Waals surface area contributed by atoms with E-state index in [0.29, 0.717) is 6.54 Å². The van der Waals surface area contributed by atoms with Crippen LogP contribution in [-0.2, 0) is 4.79 Å². The average molecular weight is 393 g/mol. The van der Waals surface area contributed by atoms with Crippen molar-refractivity contribution in [2.45, 2.75) is 6.42 Å². The second kappa shape index (κ2) is 9.14. The van der Waals surface area contributed by atoms with Crippen molar-refractivity contribution in [1.29, 1.82) is 0 Å². The number of amides is 1. The van der Waals surface area contributed by atoms with Gasteiger partial charge in [-0.05, 0) is 29.7 Å². The number of hydrogen-bond donors (Lipinski definition) is 1. The van der Waals surface area contributed by atoms with E-state index in [2.05, 4.69) is 41.3 Å². The van der Waals surface area contributed by atoms with Gasteiger partial charge in [-0.2, -0.15) is 0 Å². The number of carbonyl (C=O) groups is 1. The lowest BCUT2D eigenvalue weighted by molar-refractivity contribution is -0.892. The van der Waals surface area contributed by atoms with E-state index in [4.69, 9.17) is 4.74 Å². The zero-order chi connectivity index (χ0) is 20.1. The van der Waals surface area contributed by atoms with E-state index in [0.717, 1.165) is 57.1 Å². The van der Waals surface area contributed by atoms with Crippen LogP contribution in [-0.4, -0.2) is 63.7 Å². The Hall–Kier alpha value is -2.79. The zero-order valence-corrected chi connectivity index (χ0v) is 17.1. The summed E-state index contributed by atoms with van der Waals surface area (Å²) < 4.78 is 5.50. The van der Waals surface area contributed by atoms with Crippen LogP contribution in [0.25, 0.3) is 5.57 Å². The lowest BCUT2D eigenvalue weighted by atomic mass is 9.99. The molecule has 29 heavy (non-hydrogen) atoms. The molecular formula is C24H30N3O2+. The molecule has 0 aliphatic carbocycles. The molecule has 1 amide bonds. The highest BCUT2D eigenvalue weighted by atomic mass is 16.5. The van der Waals surface area contributed by atoms with Gasteiger partial charge in [-0.3, -0.25) is 4.79 Å². The highest BCUT2D eigenvalue weighted by Crippen LogP contribution is 2.27. The van der Waals surface area contributed by atoms with Gasteiger partial charge in [0.1, 0.15) is 5.75 Å². The molecule has 5 nitrogen and oxygen atoms in total. The Morgan fingerprint density at radius 1 is 1.00 bits per heavy atom. The second-order valence-corrected chi connectivity index (χ2v) is 7.77. The molecule has 2 aliphatic heterocycles. The summed E-state index contributed by atoms with van der Waals surface area (Å²) in [4.78, 5) is 18.5. The second-order valence-electron chi connectivity index (χ2n) is 7.77. The molecule has 0 atom stereocenters. The fourth-order valence-corrected chi connectivity index (χ4v) is 4.27. The van der Waals surface area contributed by atoms with E-state index in [-0.39, 0.29) is 5.91 Å². The van der Waals surface area contributed by atoms with Crippen molar-refractivity contribution in [1.82, 2.24) is 4.90 Å². The summed E-state index contributed by atoms with van der Waals surface area (Å²) in [6.45, 7) is 5.98. The first-order chi connectivity index (χ1) is 14.2. The zero-order valence-electron chi connectivity index (χ0n) is 17.1. The van der Waals surface area contributed by atoms with Crippen LogP contribution in [0.1, 0.15) is 12.0 Å². The normalized spacial score (nSPS) is 17.8. The van der Waals surface area contributed by atoms with Gasteiger partial charge in [0.15, 0.2) is 6.54 Å². The summed E-state index contributed by atoms with van der Waals surface area (Å²) >= 11 is 0. The number of methoxy groups -OCH3 is 1. The minimum Gasteiger partial charge on any atom is -0.495 e. The molecule has 2 aromatic rings. The van der Waals surface area contributed by atoms with Gasteiger partial charge in [0.05, 0.1) is 39.0 Å². The first kappa shape index (κ1) is 19.5. The summed E-state index contributed by atoms with van der Waals surface area (Å²) in [6.07, 6.45) is 3.15. The molecular weight excluding hydrogens is 362 g/mol. The maximum absolute atomic E-state index is 12.8. The largest absolute Gasteiger partial charge is 0.495 e. The monoisotopic (exact) mass is 392 g/mol. The van der Waals surface area contributed by atoms with Crippen molar-refractivity contribution in [3.05, 3.63) is 66.2 Å². The van der Waals surface area contributed by atoms with Gasteiger partial charge in [-0.25, -0.2) is 0 Å². The number of quaternary nitrogens is 1. The van der Waals surface area contributed by atoms with Gasteiger partial charge >= 0.3 is 0 Å². The summed E-state index contributed by atoms with van der Waals surface area (Å²) in [6, 6.07) is 18.6. The molecule has 0 spiro atoms. The molecule has 0 aromatic heterocycles. The SMILES string of the molecule is COc1ccccc1N1CC[NH+](CC(=O)N2CC=C(c3ccccc3)CC2)CC1. The van der Waals surface area contributed by atoms with Crippen molar-refractivity contribution in [3.8, 4) is 5.75 Å². The van der Waals surface area contributed by atoms with E-state index < -0.39 is 0 Å². The molecule has 1 fully saturated rings. The topological polar surface area (TPSA) is 37.2 Å². The number of rotatable bonds is 5. The van der Waals surface area contributed by atoms with Crippen molar-refractivity contribution in [3.63, 3.8) is 0 Å². The Morgan fingerprint density at radius 3 is 2.41 bits per heavy atom. The summed E-state index contributed by atoms with van der Waals surface area (Å²) in [7, 11) is 1.72. The predicted molar refractivity (Wildman–Crippen MR) is 116 cm³/mol. The number of ether oxygens (including phenoxy) is 1. The lowest BCUT2D eigenvalue weighted by Crippen LogP contribution is -3.15. The molecule has 0 bridgehead atoms. The van der Waals surface area contributed by atoms with Crippen molar-refractivity contribution in [2.24, 2.45) is 0 Å². The number of para-hydroxylation sites is 2. The van der Waals surface area contributed by atoms with Gasteiger partial charge in [-0.15, -0.1) is 0 Å². The van der Waals surface area contributed by atoms with Gasteiger partial charge in [0.25, 0.3) is 5.91 Å². The molecule has 152 valence electrons. The molecule has 1 N–H and O–H groups in total. The van der Waals surface area contributed by atoms with Crippen LogP contribution in [0.15, 0.2) is 60.7 Å². The minimum atomic E-state index is 0.272. The summed E-state index contributed by atoms with van der Waals surface area (Å²) in [5, 5.41) is 0. The molecule has 2 heterocycles. The Labute approximate surface area is 173 Å². The van der Waals surface area contributed by atoms with Crippen LogP contribution in [0.4, 0.5) is 5.69 Å². The number of benzene rings is 2. The van der Waals surface area contributed by atoms with Crippen LogP contribution in [0.5, 0.6) is 5.75 Å². The van der Waals surface area contributed by atoms with E-state index in [1.54, 1.807) is 7.11 Å². The molecule has 2 aromatic carbocycles. The molecule has 2 aliphatic rings. The van der Waals surface area contributed by atoms with Gasteiger partial charge in [-0.1, -0.05) is 48.5 Å². The quantitative estimate of drug-likeness (QED) is 0.842. The third-order valence-electron chi connectivity index (χ3n) is 6.00. The van der Waals surface area contributed by atoms with Crippen molar-refractivity contribution in [2.75, 3.05) is 57.8 Å². The lowest BCUT2D eigenvalue weighted by Gasteiger charge is -2.35. The molecule has 0 saturated carbocycles. The average Bonchev–Trinajstić information content (AvgIpc) is 2.80. The molecule has 0 unspecified atom stereocenters. The minimum absolute atomic E-state index is 0.272. The van der Waals surface area contributed by atoms with E-state index in [1.165, 1.54) is 16.0 Å². The first-order valence-corrected chi connectivity index (χ1v) is 10.5. The highest BCUT2D eigenvalue weighted by Gasteiger charge is 2.26. The molecule has 5 heteroatoms. The smallest absolute Gasteiger partial charge is 0.278 e. The first-order valence-electron chi connectivity index (χ1n) is 10.5. The number of hydrogen-bond acceptors (Lipinski definition) is 3. The Bertz CT molecular complexity index is 857. The predicted octanol–water partition coefficient (Wildman–Crippen LogP) is 1.72. The third kappa shape index (κ3) is 4.62. The third-order valence-corrected chi connectivity index (χ3v) is 6.00. The molecule has 0 radical (unpaired) electrons. The fourth-order valence-electron chi connectivity index (χ4n) is 4.27. The Kier molecular flexibility index (Phi) is 6.15. The Morgan fingerprint density at radius 2 is 1.72 bits per heavy atom. The number of carbonyl (C=O) groups excluding carboxylic acids is 1. The van der Waals surface area contributed by atoms with Crippen LogP contribution in [0.2, 0.25) is 0 Å². The van der Waals surface area contributed by atoms with Crippen LogP contribution in [0, 0.1) is 0 Å². The standard InChI is InChI=1S/C24H29N3O2/c1-29-23-10-6-5-9-22(23)26-17-15-25(16-18-26)19-24(28)27-13-11-21(12-14-27)20-7-3-2-4-8-20/h2-11H,12-19H2,1H3/p+1. The van der Waals surface area contributed by atoms with E-state index in [1.807, 2.05) is 29.2 Å². The Balaban J connectivity index is 1.28. The van der Waals surface area contributed by atoms with Crippen LogP contribution < -0.4 is 14.5 Å². The molecule has 4 rings (SSSR count). The van der Waals surface area contributed by atoms with Crippen LogP contribution in [0.3, 0.4) is 0 Å². The van der Waals surface area contributed by atoms with E-state index in [9.17, 15) is 4.79 Å². The molecule has 1 saturated heterocycles. The van der Waals surface area contributed by atoms with Gasteiger partial charge < -0.3 is 19.4 Å². The van der Waals surface area contributed by atoms with Crippen LogP contribution >= 0.6 is 0 Å². The van der Waals surface area contributed by atoms with Crippen molar-refractivity contribution >= 4 is 17.2 Å². The van der Waals surface area contributed by atoms with Gasteiger partial charge in [0.2, 0.25) is 0 Å². The maximum atomic E-state index is 12.8. The number of piperazine rings is 1. The summed E-state index contributed by atoms with van der Waals surface area (Å²) in [5.74, 6) is 1.19. The fraction of sp³-hybridized carbons (Fsp3) is 0.375. The van der Waals surface area contributed by atoms with E-state index >= 15 is 0 Å². The maximum Gasteiger partial charge on any atom is 0.278 e. The van der Waals surface area contributed by atoms with Gasteiger partial charge in [0, 0.05) is 13.1 Å². The number of nitrogens with zero attached hydrogens (tertiary/aromatic N) is 2. The number of anilines is 1. The highest BCUT2D eigenvalue weighted by molar-refractivity contribution is 5.79.